The zero-order valence-electron chi connectivity index (χ0n) is 9.32. The molecule has 1 aliphatic carbocycles. The summed E-state index contributed by atoms with van der Waals surface area (Å²) in [6.45, 7) is 2.28. The Labute approximate surface area is 94.7 Å². The lowest BCUT2D eigenvalue weighted by Gasteiger charge is -2.37. The third-order valence-electron chi connectivity index (χ3n) is 3.26. The Bertz CT molecular complexity index is 339. The van der Waals surface area contributed by atoms with Gasteiger partial charge in [-0.1, -0.05) is 13.3 Å². The Balaban J connectivity index is 2.27. The minimum absolute atomic E-state index is 0.167. The van der Waals surface area contributed by atoms with Crippen LogP contribution in [0.25, 0.3) is 0 Å². The maximum Gasteiger partial charge on any atom is 0.134 e. The summed E-state index contributed by atoms with van der Waals surface area (Å²) in [6.07, 6.45) is 4.65. The summed E-state index contributed by atoms with van der Waals surface area (Å²) < 4.78 is 5.74. The van der Waals surface area contributed by atoms with Gasteiger partial charge in [0.15, 0.2) is 0 Å². The van der Waals surface area contributed by atoms with Crippen molar-refractivity contribution in [3.63, 3.8) is 0 Å². The second kappa shape index (κ2) is 4.10. The summed E-state index contributed by atoms with van der Waals surface area (Å²) in [4.78, 5) is 4.38. The molecule has 1 saturated carbocycles. The van der Waals surface area contributed by atoms with E-state index in [-0.39, 0.29) is 5.60 Å². The van der Waals surface area contributed by atoms with E-state index in [1.54, 1.807) is 18.4 Å². The maximum atomic E-state index is 5.74. The molecule has 15 heavy (non-hydrogen) atoms. The fraction of sp³-hybridized carbons (Fsp3) is 0.727. The smallest absolute Gasteiger partial charge is 0.134 e. The van der Waals surface area contributed by atoms with Crippen molar-refractivity contribution in [1.82, 2.24) is 4.98 Å². The van der Waals surface area contributed by atoms with Crippen molar-refractivity contribution in [3.05, 3.63) is 10.4 Å². The Hall–Kier alpha value is -0.610. The monoisotopic (exact) mass is 226 g/mol. The third kappa shape index (κ3) is 2.01. The Morgan fingerprint density at radius 1 is 1.67 bits per heavy atom. The second-order valence-corrected chi connectivity index (χ2v) is 5.34. The van der Waals surface area contributed by atoms with Crippen molar-refractivity contribution in [1.29, 1.82) is 0 Å². The van der Waals surface area contributed by atoms with E-state index in [0.717, 1.165) is 17.8 Å². The van der Waals surface area contributed by atoms with Crippen LogP contribution in [0.3, 0.4) is 0 Å². The number of aromatic nitrogens is 1. The number of nitrogens with two attached hydrogens (primary N) is 1. The van der Waals surface area contributed by atoms with Crippen LogP contribution in [0.1, 0.15) is 37.6 Å². The van der Waals surface area contributed by atoms with E-state index in [4.69, 9.17) is 10.5 Å². The molecule has 3 nitrogen and oxygen atoms in total. The Morgan fingerprint density at radius 2 is 2.47 bits per heavy atom. The normalized spacial score (nSPS) is 31.7. The van der Waals surface area contributed by atoms with Crippen molar-refractivity contribution >= 4 is 17.2 Å². The van der Waals surface area contributed by atoms with E-state index in [1.165, 1.54) is 12.8 Å². The van der Waals surface area contributed by atoms with Gasteiger partial charge >= 0.3 is 0 Å². The van der Waals surface area contributed by atoms with E-state index in [0.29, 0.717) is 11.7 Å². The van der Waals surface area contributed by atoms with Gasteiger partial charge in [-0.15, -0.1) is 11.3 Å². The van der Waals surface area contributed by atoms with E-state index in [2.05, 4.69) is 11.9 Å². The Morgan fingerprint density at radius 3 is 3.00 bits per heavy atom. The number of hydrogen-bond acceptors (Lipinski definition) is 4. The first kappa shape index (κ1) is 10.9. The molecule has 0 radical (unpaired) electrons. The number of methoxy groups -OCH3 is 1. The molecule has 2 atom stereocenters. The van der Waals surface area contributed by atoms with E-state index < -0.39 is 0 Å². The largest absolute Gasteiger partial charge is 0.383 e. The van der Waals surface area contributed by atoms with Gasteiger partial charge in [-0.25, -0.2) is 4.98 Å². The number of ether oxygens (including phenoxy) is 1. The van der Waals surface area contributed by atoms with E-state index in [1.807, 2.05) is 5.38 Å². The number of nitrogen functional groups attached to an aromatic ring is 1. The molecular formula is C11H18N2OS. The minimum atomic E-state index is -0.167. The predicted octanol–water partition coefficient (Wildman–Crippen LogP) is 2.78. The number of nitrogens with zero attached hydrogens (tertiary/aromatic N) is 1. The van der Waals surface area contributed by atoms with Gasteiger partial charge in [0.2, 0.25) is 0 Å². The molecule has 1 heterocycles. The molecule has 2 rings (SSSR count). The van der Waals surface area contributed by atoms with Gasteiger partial charge in [-0.05, 0) is 25.2 Å². The van der Waals surface area contributed by atoms with Crippen molar-refractivity contribution in [2.75, 3.05) is 12.8 Å². The van der Waals surface area contributed by atoms with Gasteiger partial charge in [0.25, 0.3) is 0 Å². The second-order valence-electron chi connectivity index (χ2n) is 4.48. The van der Waals surface area contributed by atoms with E-state index in [9.17, 15) is 0 Å². The van der Waals surface area contributed by atoms with Crippen LogP contribution in [-0.2, 0) is 10.3 Å². The molecule has 0 bridgehead atoms. The van der Waals surface area contributed by atoms with Gasteiger partial charge in [0, 0.05) is 12.5 Å². The summed E-state index contributed by atoms with van der Waals surface area (Å²) in [6, 6.07) is 0. The topological polar surface area (TPSA) is 48.1 Å². The summed E-state index contributed by atoms with van der Waals surface area (Å²) >= 11 is 1.62. The first-order valence-corrected chi connectivity index (χ1v) is 6.31. The highest BCUT2D eigenvalue weighted by Crippen LogP contribution is 2.43. The molecule has 2 N–H and O–H groups in total. The quantitative estimate of drug-likeness (QED) is 0.843. The number of thiazole rings is 1. The van der Waals surface area contributed by atoms with Crippen LogP contribution in [0.4, 0.5) is 5.82 Å². The number of anilines is 1. The SMILES string of the molecule is COC1(c2nc(N)cs2)CCCC(C)C1. The summed E-state index contributed by atoms with van der Waals surface area (Å²) in [5, 5.41) is 2.95. The van der Waals surface area contributed by atoms with Crippen molar-refractivity contribution < 1.29 is 4.74 Å². The molecule has 4 heteroatoms. The molecule has 0 aliphatic heterocycles. The zero-order valence-corrected chi connectivity index (χ0v) is 10.1. The lowest BCUT2D eigenvalue weighted by molar-refractivity contribution is -0.0579. The number of hydrogen-bond donors (Lipinski definition) is 1. The standard InChI is InChI=1S/C11H18N2OS/c1-8-4-3-5-11(6-8,14-2)10-13-9(12)7-15-10/h7-8H,3-6,12H2,1-2H3. The highest BCUT2D eigenvalue weighted by atomic mass is 32.1. The molecule has 0 saturated heterocycles. The fourth-order valence-electron chi connectivity index (χ4n) is 2.47. The Kier molecular flexibility index (Phi) is 2.98. The van der Waals surface area contributed by atoms with E-state index >= 15 is 0 Å². The van der Waals surface area contributed by atoms with Gasteiger partial charge in [0.05, 0.1) is 0 Å². The van der Waals surface area contributed by atoms with Crippen molar-refractivity contribution in [2.45, 2.75) is 38.2 Å². The first-order chi connectivity index (χ1) is 7.16. The van der Waals surface area contributed by atoms with Crippen LogP contribution in [0.2, 0.25) is 0 Å². The summed E-state index contributed by atoms with van der Waals surface area (Å²) in [5.74, 6) is 1.33. The summed E-state index contributed by atoms with van der Waals surface area (Å²) in [7, 11) is 1.79. The van der Waals surface area contributed by atoms with Crippen LogP contribution >= 0.6 is 11.3 Å². The molecular weight excluding hydrogens is 208 g/mol. The maximum absolute atomic E-state index is 5.74. The predicted molar refractivity (Wildman–Crippen MR) is 62.8 cm³/mol. The average Bonchev–Trinajstić information content (AvgIpc) is 2.65. The van der Waals surface area contributed by atoms with Crippen LogP contribution in [-0.4, -0.2) is 12.1 Å². The molecule has 1 aliphatic rings. The molecule has 0 aromatic carbocycles. The number of rotatable bonds is 2. The van der Waals surface area contributed by atoms with Gasteiger partial charge in [-0.2, -0.15) is 0 Å². The van der Waals surface area contributed by atoms with Crippen LogP contribution in [0, 0.1) is 5.92 Å². The summed E-state index contributed by atoms with van der Waals surface area (Å²) in [5.41, 5.74) is 5.51. The average molecular weight is 226 g/mol. The van der Waals surface area contributed by atoms with Gasteiger partial charge < -0.3 is 10.5 Å². The lowest BCUT2D eigenvalue weighted by atomic mass is 9.79. The highest BCUT2D eigenvalue weighted by Gasteiger charge is 2.39. The molecule has 1 aromatic rings. The van der Waals surface area contributed by atoms with Crippen molar-refractivity contribution in [2.24, 2.45) is 5.92 Å². The molecule has 84 valence electrons. The van der Waals surface area contributed by atoms with Crippen molar-refractivity contribution in [3.8, 4) is 0 Å². The lowest BCUT2D eigenvalue weighted by Crippen LogP contribution is -2.34. The highest BCUT2D eigenvalue weighted by molar-refractivity contribution is 7.10. The van der Waals surface area contributed by atoms with Crippen LogP contribution in [0.15, 0.2) is 5.38 Å². The van der Waals surface area contributed by atoms with Gasteiger partial charge in [0.1, 0.15) is 16.4 Å². The first-order valence-electron chi connectivity index (χ1n) is 5.43. The van der Waals surface area contributed by atoms with Gasteiger partial charge in [-0.3, -0.25) is 0 Å². The van der Waals surface area contributed by atoms with Crippen LogP contribution < -0.4 is 5.73 Å². The molecule has 1 aromatic heterocycles. The minimum Gasteiger partial charge on any atom is -0.383 e. The molecule has 0 amide bonds. The third-order valence-corrected chi connectivity index (χ3v) is 4.30. The molecule has 2 unspecified atom stereocenters. The van der Waals surface area contributed by atoms with Crippen LogP contribution in [0.5, 0.6) is 0 Å². The fourth-order valence-corrected chi connectivity index (χ4v) is 3.39. The molecule has 0 spiro atoms. The molecule has 1 fully saturated rings. The zero-order chi connectivity index (χ0) is 10.9.